The summed E-state index contributed by atoms with van der Waals surface area (Å²) in [5.41, 5.74) is 1.21. The average Bonchev–Trinajstić information content (AvgIpc) is 3.05. The molecule has 0 unspecified atom stereocenters. The number of amides is 1. The van der Waals surface area contributed by atoms with Gasteiger partial charge in [0.2, 0.25) is 5.91 Å². The van der Waals surface area contributed by atoms with Gasteiger partial charge in [0.1, 0.15) is 5.82 Å². The van der Waals surface area contributed by atoms with Crippen LogP contribution in [0.25, 0.3) is 0 Å². The largest absolute Gasteiger partial charge is 0.355 e. The fraction of sp³-hybridized carbons (Fsp3) is 0.526. The first-order chi connectivity index (χ1) is 12.2. The van der Waals surface area contributed by atoms with Gasteiger partial charge in [-0.15, -0.1) is 0 Å². The predicted octanol–water partition coefficient (Wildman–Crippen LogP) is 2.15. The lowest BCUT2D eigenvalue weighted by atomic mass is 10.0. The van der Waals surface area contributed by atoms with Gasteiger partial charge in [-0.3, -0.25) is 14.7 Å². The van der Waals surface area contributed by atoms with E-state index in [0.717, 1.165) is 51.1 Å². The van der Waals surface area contributed by atoms with Gasteiger partial charge in [0.05, 0.1) is 6.04 Å². The Bertz CT molecular complexity index is 669. The molecular formula is C19H27N5O. The zero-order valence-corrected chi connectivity index (χ0v) is 14.9. The molecule has 1 atom stereocenters. The van der Waals surface area contributed by atoms with E-state index in [1.54, 1.807) is 0 Å². The minimum absolute atomic E-state index is 0.0168. The van der Waals surface area contributed by atoms with Crippen molar-refractivity contribution in [1.82, 2.24) is 24.8 Å². The summed E-state index contributed by atoms with van der Waals surface area (Å²) < 4.78 is 2.11. The number of hydrogen-bond donors (Lipinski definition) is 1. The van der Waals surface area contributed by atoms with Gasteiger partial charge >= 0.3 is 0 Å². The van der Waals surface area contributed by atoms with Gasteiger partial charge in [0, 0.05) is 44.4 Å². The van der Waals surface area contributed by atoms with E-state index in [4.69, 9.17) is 0 Å². The number of imidazole rings is 1. The fourth-order valence-electron chi connectivity index (χ4n) is 3.42. The van der Waals surface area contributed by atoms with Gasteiger partial charge in [-0.1, -0.05) is 6.42 Å². The van der Waals surface area contributed by atoms with Crippen LogP contribution in [0.1, 0.15) is 37.1 Å². The van der Waals surface area contributed by atoms with E-state index in [-0.39, 0.29) is 11.9 Å². The molecule has 0 saturated carbocycles. The molecule has 3 heterocycles. The maximum absolute atomic E-state index is 12.6. The van der Waals surface area contributed by atoms with Gasteiger partial charge in [-0.2, -0.15) is 0 Å². The summed E-state index contributed by atoms with van der Waals surface area (Å²) in [6.45, 7) is 5.38. The van der Waals surface area contributed by atoms with Crippen molar-refractivity contribution < 1.29 is 4.79 Å². The number of aromatic nitrogens is 3. The topological polar surface area (TPSA) is 63.1 Å². The van der Waals surface area contributed by atoms with E-state index in [2.05, 4.69) is 24.8 Å². The molecule has 0 spiro atoms. The second kappa shape index (κ2) is 8.76. The van der Waals surface area contributed by atoms with Crippen LogP contribution in [0.5, 0.6) is 0 Å². The van der Waals surface area contributed by atoms with Crippen LogP contribution in [0.3, 0.4) is 0 Å². The summed E-state index contributed by atoms with van der Waals surface area (Å²) in [7, 11) is 0. The summed E-state index contributed by atoms with van der Waals surface area (Å²) in [4.78, 5) is 23.2. The van der Waals surface area contributed by atoms with Crippen molar-refractivity contribution in [2.75, 3.05) is 13.1 Å². The normalized spacial score (nSPS) is 18.2. The third kappa shape index (κ3) is 4.89. The maximum Gasteiger partial charge on any atom is 0.237 e. The van der Waals surface area contributed by atoms with Gasteiger partial charge in [0.15, 0.2) is 0 Å². The van der Waals surface area contributed by atoms with Gasteiger partial charge in [-0.05, 0) is 50.4 Å². The molecule has 6 heteroatoms. The van der Waals surface area contributed by atoms with Crippen molar-refractivity contribution in [1.29, 1.82) is 0 Å². The predicted molar refractivity (Wildman–Crippen MR) is 96.9 cm³/mol. The van der Waals surface area contributed by atoms with E-state index >= 15 is 0 Å². The molecule has 0 aliphatic carbocycles. The lowest BCUT2D eigenvalue weighted by Crippen LogP contribution is -2.49. The Balaban J connectivity index is 1.48. The second-order valence-electron chi connectivity index (χ2n) is 6.65. The third-order valence-electron chi connectivity index (χ3n) is 4.85. The highest BCUT2D eigenvalue weighted by Crippen LogP contribution is 2.19. The minimum Gasteiger partial charge on any atom is -0.355 e. The Morgan fingerprint density at radius 3 is 2.88 bits per heavy atom. The average molecular weight is 341 g/mol. The van der Waals surface area contributed by atoms with Crippen molar-refractivity contribution in [3.63, 3.8) is 0 Å². The number of hydrogen-bond acceptors (Lipinski definition) is 4. The summed E-state index contributed by atoms with van der Waals surface area (Å²) in [6.07, 6.45) is 11.6. The Kier molecular flexibility index (Phi) is 6.17. The third-order valence-corrected chi connectivity index (χ3v) is 4.85. The van der Waals surface area contributed by atoms with Gasteiger partial charge in [-0.25, -0.2) is 4.98 Å². The summed E-state index contributed by atoms with van der Waals surface area (Å²) in [6, 6.07) is 4.03. The molecule has 1 fully saturated rings. The highest BCUT2D eigenvalue weighted by atomic mass is 16.2. The van der Waals surface area contributed by atoms with Crippen molar-refractivity contribution in [3.8, 4) is 0 Å². The number of carbonyl (C=O) groups excluding carboxylic acids is 1. The Morgan fingerprint density at radius 2 is 2.12 bits per heavy atom. The first kappa shape index (κ1) is 17.6. The Labute approximate surface area is 149 Å². The fourth-order valence-corrected chi connectivity index (χ4v) is 3.42. The van der Waals surface area contributed by atoms with Crippen LogP contribution in [0.2, 0.25) is 0 Å². The second-order valence-corrected chi connectivity index (χ2v) is 6.65. The lowest BCUT2D eigenvalue weighted by molar-refractivity contribution is -0.127. The molecule has 0 radical (unpaired) electrons. The van der Waals surface area contributed by atoms with Crippen molar-refractivity contribution >= 4 is 5.91 Å². The van der Waals surface area contributed by atoms with E-state index < -0.39 is 0 Å². The van der Waals surface area contributed by atoms with Crippen LogP contribution >= 0.6 is 0 Å². The van der Waals surface area contributed by atoms with Gasteiger partial charge < -0.3 is 9.88 Å². The molecule has 2 aromatic rings. The molecule has 6 nitrogen and oxygen atoms in total. The number of likely N-dealkylation sites (tertiary alicyclic amines) is 1. The van der Waals surface area contributed by atoms with E-state index in [1.165, 1.54) is 5.56 Å². The zero-order chi connectivity index (χ0) is 17.5. The first-order valence-electron chi connectivity index (χ1n) is 9.12. The number of nitrogens with one attached hydrogen (secondary N) is 1. The van der Waals surface area contributed by atoms with Crippen LogP contribution < -0.4 is 5.32 Å². The molecule has 1 aliphatic heterocycles. The maximum atomic E-state index is 12.6. The number of rotatable bonds is 7. The van der Waals surface area contributed by atoms with Crippen LogP contribution in [-0.2, 0) is 17.9 Å². The smallest absolute Gasteiger partial charge is 0.237 e. The summed E-state index contributed by atoms with van der Waals surface area (Å²) in [5, 5.41) is 3.12. The standard InChI is InChI=1S/C19H27N5O/c1-16-21-11-14-23(16)13-4-8-22-19(25)18-5-2-3-12-24(18)15-17-6-9-20-10-7-17/h6-7,9-11,14,18H,2-5,8,12-13,15H2,1H3,(H,22,25)/t18-/m0/s1. The van der Waals surface area contributed by atoms with Crippen molar-refractivity contribution in [3.05, 3.63) is 48.3 Å². The highest BCUT2D eigenvalue weighted by molar-refractivity contribution is 5.81. The monoisotopic (exact) mass is 341 g/mol. The number of nitrogens with zero attached hydrogens (tertiary/aromatic N) is 4. The van der Waals surface area contributed by atoms with E-state index in [0.29, 0.717) is 6.54 Å². The van der Waals surface area contributed by atoms with Crippen molar-refractivity contribution in [2.45, 2.75) is 51.7 Å². The lowest BCUT2D eigenvalue weighted by Gasteiger charge is -2.34. The molecular weight excluding hydrogens is 314 g/mol. The van der Waals surface area contributed by atoms with Crippen LogP contribution in [0.4, 0.5) is 0 Å². The molecule has 3 rings (SSSR count). The SMILES string of the molecule is Cc1nccn1CCCNC(=O)[C@@H]1CCCCN1Cc1ccncc1. The number of piperidine rings is 1. The molecule has 1 amide bonds. The minimum atomic E-state index is -0.0168. The zero-order valence-electron chi connectivity index (χ0n) is 14.9. The molecule has 1 N–H and O–H groups in total. The van der Waals surface area contributed by atoms with Crippen LogP contribution in [0, 0.1) is 6.92 Å². The van der Waals surface area contributed by atoms with E-state index in [9.17, 15) is 4.79 Å². The Morgan fingerprint density at radius 1 is 1.28 bits per heavy atom. The molecule has 25 heavy (non-hydrogen) atoms. The molecule has 1 saturated heterocycles. The number of pyridine rings is 1. The molecule has 0 bridgehead atoms. The molecule has 1 aliphatic rings. The number of aryl methyl sites for hydroxylation is 2. The highest BCUT2D eigenvalue weighted by Gasteiger charge is 2.28. The summed E-state index contributed by atoms with van der Waals surface area (Å²) in [5.74, 6) is 1.18. The number of carbonyl (C=O) groups is 1. The molecule has 0 aromatic carbocycles. The molecule has 134 valence electrons. The Hall–Kier alpha value is -2.21. The van der Waals surface area contributed by atoms with Crippen molar-refractivity contribution in [2.24, 2.45) is 0 Å². The van der Waals surface area contributed by atoms with Gasteiger partial charge in [0.25, 0.3) is 0 Å². The quantitative estimate of drug-likeness (QED) is 0.784. The molecule has 2 aromatic heterocycles. The van der Waals surface area contributed by atoms with Crippen LogP contribution in [-0.4, -0.2) is 44.5 Å². The first-order valence-corrected chi connectivity index (χ1v) is 9.12. The van der Waals surface area contributed by atoms with Crippen LogP contribution in [0.15, 0.2) is 36.9 Å². The summed E-state index contributed by atoms with van der Waals surface area (Å²) >= 11 is 0. The van der Waals surface area contributed by atoms with E-state index in [1.807, 2.05) is 43.8 Å².